The van der Waals surface area contributed by atoms with Crippen molar-refractivity contribution in [2.45, 2.75) is 84.3 Å². The molecule has 1 N–H and O–H groups in total. The summed E-state index contributed by atoms with van der Waals surface area (Å²) in [6, 6.07) is 2.35. The molecular weight excluding hydrogens is 232 g/mol. The van der Waals surface area contributed by atoms with Gasteiger partial charge in [0.25, 0.3) is 0 Å². The van der Waals surface area contributed by atoms with Crippen molar-refractivity contribution in [1.82, 2.24) is 10.2 Å². The van der Waals surface area contributed by atoms with Gasteiger partial charge in [-0.25, -0.2) is 0 Å². The largest absolute Gasteiger partial charge is 0.317 e. The molecule has 0 atom stereocenters. The number of nitrogens with zero attached hydrogens (tertiary/aromatic N) is 1. The minimum absolute atomic E-state index is 0.762. The van der Waals surface area contributed by atoms with E-state index in [1.54, 1.807) is 0 Å². The molecule has 1 aliphatic carbocycles. The van der Waals surface area contributed by atoms with Gasteiger partial charge in [-0.2, -0.15) is 0 Å². The minimum Gasteiger partial charge on any atom is -0.317 e. The van der Waals surface area contributed by atoms with Crippen LogP contribution in [0.5, 0.6) is 0 Å². The fourth-order valence-corrected chi connectivity index (χ4v) is 3.59. The van der Waals surface area contributed by atoms with Gasteiger partial charge in [0.05, 0.1) is 0 Å². The Balaban J connectivity index is 2.53. The van der Waals surface area contributed by atoms with E-state index in [2.05, 4.69) is 52.0 Å². The molecular formula is C17H36N2. The van der Waals surface area contributed by atoms with E-state index in [-0.39, 0.29) is 0 Å². The highest BCUT2D eigenvalue weighted by molar-refractivity contribution is 4.84. The molecule has 2 heteroatoms. The first-order valence-corrected chi connectivity index (χ1v) is 8.33. The lowest BCUT2D eigenvalue weighted by Crippen LogP contribution is -2.45. The zero-order valence-electron chi connectivity index (χ0n) is 14.1. The highest BCUT2D eigenvalue weighted by atomic mass is 15.2. The van der Waals surface area contributed by atoms with E-state index >= 15 is 0 Å². The maximum atomic E-state index is 3.44. The molecule has 0 aromatic heterocycles. The maximum absolute atomic E-state index is 3.44. The molecule has 0 aliphatic heterocycles. The van der Waals surface area contributed by atoms with Gasteiger partial charge < -0.3 is 10.2 Å². The quantitative estimate of drug-likeness (QED) is 0.753. The number of hydrogen-bond acceptors (Lipinski definition) is 2. The Labute approximate surface area is 121 Å². The summed E-state index contributed by atoms with van der Waals surface area (Å²) < 4.78 is 0. The van der Waals surface area contributed by atoms with Crippen LogP contribution in [-0.2, 0) is 0 Å². The topological polar surface area (TPSA) is 15.3 Å². The van der Waals surface area contributed by atoms with E-state index < -0.39 is 0 Å². The molecule has 0 bridgehead atoms. The highest BCUT2D eigenvalue weighted by Crippen LogP contribution is 2.27. The van der Waals surface area contributed by atoms with Crippen LogP contribution in [0.1, 0.15) is 66.2 Å². The second kappa shape index (κ2) is 8.26. The molecule has 0 radical (unpaired) electrons. The second-order valence-electron chi connectivity index (χ2n) is 7.37. The predicted molar refractivity (Wildman–Crippen MR) is 85.6 cm³/mol. The minimum atomic E-state index is 0.762. The lowest BCUT2D eigenvalue weighted by Gasteiger charge is -2.40. The molecule has 0 spiro atoms. The van der Waals surface area contributed by atoms with Crippen molar-refractivity contribution in [2.24, 2.45) is 11.8 Å². The van der Waals surface area contributed by atoms with Gasteiger partial charge in [-0.3, -0.25) is 0 Å². The van der Waals surface area contributed by atoms with Gasteiger partial charge in [-0.05, 0) is 64.5 Å². The molecule has 1 aliphatic rings. The fraction of sp³-hybridized carbons (Fsp3) is 1.00. The molecule has 19 heavy (non-hydrogen) atoms. The van der Waals surface area contributed by atoms with Crippen LogP contribution in [0.3, 0.4) is 0 Å². The third kappa shape index (κ3) is 5.83. The summed E-state index contributed by atoms with van der Waals surface area (Å²) in [6.45, 7) is 9.44. The van der Waals surface area contributed by atoms with Crippen molar-refractivity contribution in [3.05, 3.63) is 0 Å². The first-order chi connectivity index (χ1) is 8.93. The average molecular weight is 268 g/mol. The van der Waals surface area contributed by atoms with Gasteiger partial charge in [0.15, 0.2) is 0 Å². The van der Waals surface area contributed by atoms with E-state index in [9.17, 15) is 0 Å². The summed E-state index contributed by atoms with van der Waals surface area (Å²) in [7, 11) is 4.48. The van der Waals surface area contributed by atoms with E-state index in [1.807, 2.05) is 0 Å². The summed E-state index contributed by atoms with van der Waals surface area (Å²) in [5, 5.41) is 3.44. The van der Waals surface area contributed by atoms with Crippen LogP contribution in [0.4, 0.5) is 0 Å². The maximum Gasteiger partial charge on any atom is 0.01000 e. The number of rotatable bonds is 7. The van der Waals surface area contributed by atoms with Crippen molar-refractivity contribution in [1.29, 1.82) is 0 Å². The van der Waals surface area contributed by atoms with Crippen molar-refractivity contribution in [3.8, 4) is 0 Å². The summed E-state index contributed by atoms with van der Waals surface area (Å²) in [5.41, 5.74) is 0. The van der Waals surface area contributed by atoms with E-state index in [1.165, 1.54) is 38.5 Å². The number of hydrogen-bond donors (Lipinski definition) is 1. The first-order valence-electron chi connectivity index (χ1n) is 8.33. The molecule has 1 fully saturated rings. The average Bonchev–Trinajstić information content (AvgIpc) is 2.36. The predicted octanol–water partition coefficient (Wildman–Crippen LogP) is 3.91. The third-order valence-electron chi connectivity index (χ3n) is 4.74. The van der Waals surface area contributed by atoms with Gasteiger partial charge >= 0.3 is 0 Å². The van der Waals surface area contributed by atoms with Crippen LogP contribution >= 0.6 is 0 Å². The van der Waals surface area contributed by atoms with Crippen LogP contribution in [0, 0.1) is 11.8 Å². The normalized spacial score (nSPS) is 24.9. The van der Waals surface area contributed by atoms with Crippen LogP contribution in [0.2, 0.25) is 0 Å². The molecule has 0 aromatic rings. The molecule has 114 valence electrons. The SMILES string of the molecule is CNC1CCC(N(C)C(CC(C)C)CC(C)C)CC1. The smallest absolute Gasteiger partial charge is 0.01000 e. The van der Waals surface area contributed by atoms with Gasteiger partial charge in [-0.15, -0.1) is 0 Å². The van der Waals surface area contributed by atoms with E-state index in [0.29, 0.717) is 0 Å². The van der Waals surface area contributed by atoms with E-state index in [0.717, 1.165) is 30.0 Å². The summed E-state index contributed by atoms with van der Waals surface area (Å²) in [5.74, 6) is 1.61. The van der Waals surface area contributed by atoms with Crippen molar-refractivity contribution >= 4 is 0 Å². The zero-order valence-corrected chi connectivity index (χ0v) is 14.1. The van der Waals surface area contributed by atoms with Crippen molar-refractivity contribution < 1.29 is 0 Å². The number of nitrogens with one attached hydrogen (secondary N) is 1. The first kappa shape index (κ1) is 17.0. The van der Waals surface area contributed by atoms with Crippen LogP contribution in [-0.4, -0.2) is 37.1 Å². The van der Waals surface area contributed by atoms with Crippen LogP contribution in [0.25, 0.3) is 0 Å². The summed E-state index contributed by atoms with van der Waals surface area (Å²) in [4.78, 5) is 2.71. The van der Waals surface area contributed by atoms with Gasteiger partial charge in [-0.1, -0.05) is 27.7 Å². The Morgan fingerprint density at radius 1 is 0.947 bits per heavy atom. The molecule has 0 unspecified atom stereocenters. The Morgan fingerprint density at radius 3 is 1.79 bits per heavy atom. The Kier molecular flexibility index (Phi) is 7.38. The summed E-state index contributed by atoms with van der Waals surface area (Å²) >= 11 is 0. The molecule has 0 saturated heterocycles. The summed E-state index contributed by atoms with van der Waals surface area (Å²) in [6.07, 6.45) is 8.13. The second-order valence-corrected chi connectivity index (χ2v) is 7.37. The standard InChI is InChI=1S/C17H36N2/c1-13(2)11-17(12-14(3)4)19(6)16-9-7-15(18-5)8-10-16/h13-18H,7-12H2,1-6H3. The molecule has 0 amide bonds. The molecule has 0 heterocycles. The molecule has 1 rings (SSSR count). The molecule has 2 nitrogen and oxygen atoms in total. The van der Waals surface area contributed by atoms with Gasteiger partial charge in [0.1, 0.15) is 0 Å². The van der Waals surface area contributed by atoms with Crippen molar-refractivity contribution in [3.63, 3.8) is 0 Å². The molecule has 0 aromatic carbocycles. The fourth-order valence-electron chi connectivity index (χ4n) is 3.59. The van der Waals surface area contributed by atoms with Gasteiger partial charge in [0.2, 0.25) is 0 Å². The third-order valence-corrected chi connectivity index (χ3v) is 4.74. The Bertz CT molecular complexity index is 219. The molecule has 1 saturated carbocycles. The monoisotopic (exact) mass is 268 g/mol. The Morgan fingerprint density at radius 2 is 1.42 bits per heavy atom. The van der Waals surface area contributed by atoms with E-state index in [4.69, 9.17) is 0 Å². The van der Waals surface area contributed by atoms with Crippen LogP contribution < -0.4 is 5.32 Å². The lowest BCUT2D eigenvalue weighted by atomic mass is 9.87. The van der Waals surface area contributed by atoms with Crippen molar-refractivity contribution in [2.75, 3.05) is 14.1 Å². The van der Waals surface area contributed by atoms with Gasteiger partial charge in [0, 0.05) is 18.1 Å². The van der Waals surface area contributed by atoms with Crippen LogP contribution in [0.15, 0.2) is 0 Å². The lowest BCUT2D eigenvalue weighted by molar-refractivity contribution is 0.101. The zero-order chi connectivity index (χ0) is 14.4. The highest BCUT2D eigenvalue weighted by Gasteiger charge is 2.28. The Hall–Kier alpha value is -0.0800.